The Balaban J connectivity index is 2.80. The van der Waals surface area contributed by atoms with E-state index in [0.717, 1.165) is 19.8 Å². The predicted octanol–water partition coefficient (Wildman–Crippen LogP) is 0.601. The fourth-order valence-corrected chi connectivity index (χ4v) is 0.611. The lowest BCUT2D eigenvalue weighted by Gasteiger charge is -2.09. The highest BCUT2D eigenvalue weighted by atomic mass is 16.5. The van der Waals surface area contributed by atoms with Crippen molar-refractivity contribution in [2.45, 2.75) is 6.92 Å². The van der Waals surface area contributed by atoms with E-state index in [1.54, 1.807) is 0 Å². The van der Waals surface area contributed by atoms with Gasteiger partial charge in [0.25, 0.3) is 0 Å². The average molecular weight is 161 g/mol. The molecule has 0 amide bonds. The van der Waals surface area contributed by atoms with Gasteiger partial charge in [-0.15, -0.1) is 0 Å². The van der Waals surface area contributed by atoms with E-state index in [0.29, 0.717) is 13.2 Å². The Labute approximate surface area is 69.3 Å². The van der Waals surface area contributed by atoms with Gasteiger partial charge in [0.1, 0.15) is 0 Å². The molecule has 3 nitrogen and oxygen atoms in total. The van der Waals surface area contributed by atoms with Crippen LogP contribution in [0.2, 0.25) is 0 Å². The van der Waals surface area contributed by atoms with Gasteiger partial charge in [-0.2, -0.15) is 0 Å². The van der Waals surface area contributed by atoms with Crippen molar-refractivity contribution in [3.63, 3.8) is 0 Å². The molecule has 68 valence electrons. The van der Waals surface area contributed by atoms with Crippen LogP contribution in [0.1, 0.15) is 6.92 Å². The molecule has 3 heteroatoms. The van der Waals surface area contributed by atoms with E-state index in [-0.39, 0.29) is 0 Å². The van der Waals surface area contributed by atoms with Crippen LogP contribution in [0.4, 0.5) is 0 Å². The maximum absolute atomic E-state index is 5.28. The lowest BCUT2D eigenvalue weighted by atomic mass is 10.6. The molecule has 0 saturated heterocycles. The van der Waals surface area contributed by atoms with Crippen molar-refractivity contribution in [3.05, 3.63) is 0 Å². The van der Waals surface area contributed by atoms with Crippen LogP contribution in [-0.2, 0) is 9.47 Å². The molecule has 0 N–H and O–H groups in total. The van der Waals surface area contributed by atoms with Gasteiger partial charge < -0.3 is 14.4 Å². The van der Waals surface area contributed by atoms with E-state index in [1.807, 2.05) is 21.0 Å². The van der Waals surface area contributed by atoms with Crippen molar-refractivity contribution in [2.75, 3.05) is 47.1 Å². The molecule has 0 spiro atoms. The summed E-state index contributed by atoms with van der Waals surface area (Å²) in [5, 5.41) is 0. The standard InChI is InChI=1S/C8H19NO2/c1-4-10-7-8-11-6-5-9(2)3/h4-8H2,1-3H3. The van der Waals surface area contributed by atoms with Crippen LogP contribution in [0.5, 0.6) is 0 Å². The molecular weight excluding hydrogens is 142 g/mol. The average Bonchev–Trinajstić information content (AvgIpc) is 1.96. The predicted molar refractivity (Wildman–Crippen MR) is 45.9 cm³/mol. The Morgan fingerprint density at radius 3 is 2.18 bits per heavy atom. The normalized spacial score (nSPS) is 10.9. The van der Waals surface area contributed by atoms with Gasteiger partial charge >= 0.3 is 0 Å². The van der Waals surface area contributed by atoms with Crippen LogP contribution >= 0.6 is 0 Å². The van der Waals surface area contributed by atoms with Crippen LogP contribution in [0.3, 0.4) is 0 Å². The second-order valence-corrected chi connectivity index (χ2v) is 2.61. The summed E-state index contributed by atoms with van der Waals surface area (Å²) in [6.07, 6.45) is 0. The molecule has 0 aromatic carbocycles. The van der Waals surface area contributed by atoms with E-state index < -0.39 is 0 Å². The van der Waals surface area contributed by atoms with Crippen LogP contribution in [0, 0.1) is 0 Å². The van der Waals surface area contributed by atoms with Crippen molar-refractivity contribution < 1.29 is 9.47 Å². The molecule has 0 bridgehead atoms. The monoisotopic (exact) mass is 161 g/mol. The molecule has 0 aliphatic carbocycles. The molecule has 0 atom stereocenters. The minimum atomic E-state index is 0.710. The fraction of sp³-hybridized carbons (Fsp3) is 1.00. The number of ether oxygens (including phenoxy) is 2. The minimum Gasteiger partial charge on any atom is -0.379 e. The summed E-state index contributed by atoms with van der Waals surface area (Å²) in [6.45, 7) is 5.95. The van der Waals surface area contributed by atoms with Gasteiger partial charge in [0, 0.05) is 13.2 Å². The molecule has 0 aliphatic heterocycles. The van der Waals surface area contributed by atoms with Crippen molar-refractivity contribution >= 4 is 0 Å². The molecule has 0 rings (SSSR count). The molecule has 0 aliphatic rings. The molecule has 0 heterocycles. The summed E-state index contributed by atoms with van der Waals surface area (Å²) in [6, 6.07) is 0. The summed E-state index contributed by atoms with van der Waals surface area (Å²) in [7, 11) is 4.07. The Bertz CT molecular complexity index is 76.5. The van der Waals surface area contributed by atoms with Crippen LogP contribution in [0.25, 0.3) is 0 Å². The minimum absolute atomic E-state index is 0.710. The summed E-state index contributed by atoms with van der Waals surface area (Å²) >= 11 is 0. The van der Waals surface area contributed by atoms with Gasteiger partial charge in [0.05, 0.1) is 19.8 Å². The zero-order valence-corrected chi connectivity index (χ0v) is 7.80. The van der Waals surface area contributed by atoms with Gasteiger partial charge in [-0.25, -0.2) is 0 Å². The van der Waals surface area contributed by atoms with Crippen molar-refractivity contribution in [1.29, 1.82) is 0 Å². The Morgan fingerprint density at radius 1 is 1.00 bits per heavy atom. The first-order valence-corrected chi connectivity index (χ1v) is 4.07. The van der Waals surface area contributed by atoms with Gasteiger partial charge in [0.2, 0.25) is 0 Å². The largest absolute Gasteiger partial charge is 0.379 e. The van der Waals surface area contributed by atoms with Crippen molar-refractivity contribution in [2.24, 2.45) is 0 Å². The second kappa shape index (κ2) is 7.98. The summed E-state index contributed by atoms with van der Waals surface area (Å²) in [5.74, 6) is 0. The number of nitrogens with zero attached hydrogens (tertiary/aromatic N) is 1. The molecule has 0 aromatic rings. The Hall–Kier alpha value is -0.120. The van der Waals surface area contributed by atoms with E-state index in [2.05, 4.69) is 4.90 Å². The van der Waals surface area contributed by atoms with Gasteiger partial charge in [0.15, 0.2) is 0 Å². The molecule has 0 aromatic heterocycles. The van der Waals surface area contributed by atoms with Crippen molar-refractivity contribution in [1.82, 2.24) is 4.90 Å². The Morgan fingerprint density at radius 2 is 1.64 bits per heavy atom. The molecule has 0 radical (unpaired) electrons. The maximum atomic E-state index is 5.28. The summed E-state index contributed by atoms with van der Waals surface area (Å²) < 4.78 is 10.4. The molecule has 0 fully saturated rings. The van der Waals surface area contributed by atoms with E-state index in [9.17, 15) is 0 Å². The van der Waals surface area contributed by atoms with E-state index in [4.69, 9.17) is 9.47 Å². The molecule has 0 saturated carbocycles. The van der Waals surface area contributed by atoms with Crippen molar-refractivity contribution in [3.8, 4) is 0 Å². The number of hydrogen-bond acceptors (Lipinski definition) is 3. The zero-order valence-electron chi connectivity index (χ0n) is 7.80. The third-order valence-corrected chi connectivity index (χ3v) is 1.26. The SMILES string of the molecule is CCOCCOCCN(C)C. The zero-order chi connectivity index (χ0) is 8.53. The first-order valence-electron chi connectivity index (χ1n) is 4.07. The topological polar surface area (TPSA) is 21.7 Å². The summed E-state index contributed by atoms with van der Waals surface area (Å²) in [4.78, 5) is 2.10. The number of hydrogen-bond donors (Lipinski definition) is 0. The first-order chi connectivity index (χ1) is 5.27. The fourth-order valence-electron chi connectivity index (χ4n) is 0.611. The maximum Gasteiger partial charge on any atom is 0.0701 e. The lowest BCUT2D eigenvalue weighted by molar-refractivity contribution is 0.0473. The Kier molecular flexibility index (Phi) is 7.89. The van der Waals surface area contributed by atoms with Crippen LogP contribution in [0.15, 0.2) is 0 Å². The molecule has 0 unspecified atom stereocenters. The smallest absolute Gasteiger partial charge is 0.0701 e. The quantitative estimate of drug-likeness (QED) is 0.510. The van der Waals surface area contributed by atoms with Crippen LogP contribution in [-0.4, -0.2) is 52.0 Å². The molecular formula is C8H19NO2. The third kappa shape index (κ3) is 9.88. The highest BCUT2D eigenvalue weighted by Gasteiger charge is 1.89. The molecule has 11 heavy (non-hydrogen) atoms. The number of rotatable bonds is 7. The first kappa shape index (κ1) is 10.9. The highest BCUT2D eigenvalue weighted by molar-refractivity contribution is 4.39. The lowest BCUT2D eigenvalue weighted by Crippen LogP contribution is -2.19. The second-order valence-electron chi connectivity index (χ2n) is 2.61. The third-order valence-electron chi connectivity index (χ3n) is 1.26. The summed E-state index contributed by atoms with van der Waals surface area (Å²) in [5.41, 5.74) is 0. The highest BCUT2D eigenvalue weighted by Crippen LogP contribution is 1.79. The van der Waals surface area contributed by atoms with Gasteiger partial charge in [-0.05, 0) is 21.0 Å². The van der Waals surface area contributed by atoms with E-state index in [1.165, 1.54) is 0 Å². The van der Waals surface area contributed by atoms with Gasteiger partial charge in [-0.3, -0.25) is 0 Å². The van der Waals surface area contributed by atoms with E-state index >= 15 is 0 Å². The van der Waals surface area contributed by atoms with Crippen LogP contribution < -0.4 is 0 Å². The number of likely N-dealkylation sites (N-methyl/N-ethyl adjacent to an activating group) is 1. The van der Waals surface area contributed by atoms with Gasteiger partial charge in [-0.1, -0.05) is 0 Å².